The largest absolute Gasteiger partial charge is 0.441 e. The van der Waals surface area contributed by atoms with E-state index in [1.54, 1.807) is 6.92 Å². The van der Waals surface area contributed by atoms with E-state index >= 15 is 0 Å². The summed E-state index contributed by atoms with van der Waals surface area (Å²) in [6.45, 7) is 1.91. The Hall–Kier alpha value is -0.940. The number of hydrogen-bond donors (Lipinski definition) is 1. The molecule has 1 aliphatic rings. The van der Waals surface area contributed by atoms with E-state index in [0.29, 0.717) is 0 Å². The smallest absolute Gasteiger partial charge is 0.407 e. The minimum atomic E-state index is -4.13. The van der Waals surface area contributed by atoms with E-state index in [1.165, 1.54) is 0 Å². The third-order valence-corrected chi connectivity index (χ3v) is 2.11. The van der Waals surface area contributed by atoms with Crippen LogP contribution in [0.4, 0.5) is 18.0 Å². The molecule has 1 N–H and O–H groups in total. The Kier molecular flexibility index (Phi) is 2.92. The van der Waals surface area contributed by atoms with Gasteiger partial charge in [-0.25, -0.2) is 4.79 Å². The summed E-state index contributed by atoms with van der Waals surface area (Å²) in [5, 5.41) is 2.42. The van der Waals surface area contributed by atoms with Gasteiger partial charge >= 0.3 is 12.3 Å². The highest BCUT2D eigenvalue weighted by Crippen LogP contribution is 2.27. The Labute approximate surface area is 79.6 Å². The van der Waals surface area contributed by atoms with Gasteiger partial charge in [0.15, 0.2) is 0 Å². The standard InChI is InChI=1S/C8H12F3NO2/c1-7(5-12-6(13)14-7)3-2-4-8(9,10)11/h2-5H2,1H3,(H,12,13). The van der Waals surface area contributed by atoms with Gasteiger partial charge in [0.2, 0.25) is 0 Å². The number of rotatable bonds is 3. The number of nitrogens with one attached hydrogen (secondary N) is 1. The van der Waals surface area contributed by atoms with Crippen molar-refractivity contribution in [3.05, 3.63) is 0 Å². The molecular weight excluding hydrogens is 199 g/mol. The molecule has 0 aromatic rings. The lowest BCUT2D eigenvalue weighted by atomic mass is 9.99. The second kappa shape index (κ2) is 3.67. The van der Waals surface area contributed by atoms with Crippen LogP contribution in [0.3, 0.4) is 0 Å². The van der Waals surface area contributed by atoms with Crippen LogP contribution < -0.4 is 5.32 Å². The van der Waals surface area contributed by atoms with Crippen molar-refractivity contribution in [3.8, 4) is 0 Å². The molecule has 1 saturated heterocycles. The van der Waals surface area contributed by atoms with Crippen molar-refractivity contribution in [1.29, 1.82) is 0 Å². The Morgan fingerprint density at radius 1 is 1.57 bits per heavy atom. The first kappa shape index (κ1) is 11.1. The molecule has 0 aromatic carbocycles. The molecule has 1 heterocycles. The highest BCUT2D eigenvalue weighted by molar-refractivity contribution is 5.70. The van der Waals surface area contributed by atoms with E-state index in [2.05, 4.69) is 5.32 Å². The van der Waals surface area contributed by atoms with Crippen molar-refractivity contribution in [1.82, 2.24) is 5.32 Å². The molecule has 14 heavy (non-hydrogen) atoms. The summed E-state index contributed by atoms with van der Waals surface area (Å²) in [6.07, 6.45) is -5.31. The number of alkyl carbamates (subject to hydrolysis) is 1. The Balaban J connectivity index is 2.28. The zero-order valence-electron chi connectivity index (χ0n) is 7.78. The SMILES string of the molecule is CC1(CCCC(F)(F)F)CNC(=O)O1. The van der Waals surface area contributed by atoms with Gasteiger partial charge in [0, 0.05) is 6.42 Å². The fraction of sp³-hybridized carbons (Fsp3) is 0.875. The second-order valence-corrected chi connectivity index (χ2v) is 3.66. The molecule has 0 bridgehead atoms. The number of cyclic esters (lactones) is 1. The predicted octanol–water partition coefficient (Wildman–Crippen LogP) is 2.22. The lowest BCUT2D eigenvalue weighted by Crippen LogP contribution is -2.29. The van der Waals surface area contributed by atoms with E-state index < -0.39 is 24.3 Å². The van der Waals surface area contributed by atoms with Crippen LogP contribution in [0.2, 0.25) is 0 Å². The number of amides is 1. The molecule has 3 nitrogen and oxygen atoms in total. The first-order valence-electron chi connectivity index (χ1n) is 4.34. The summed E-state index contributed by atoms with van der Waals surface area (Å²) < 4.78 is 40.3. The molecule has 0 saturated carbocycles. The zero-order chi connectivity index (χ0) is 10.8. The maximum absolute atomic E-state index is 11.8. The Bertz CT molecular complexity index is 229. The number of alkyl halides is 3. The van der Waals surface area contributed by atoms with Crippen molar-refractivity contribution in [3.63, 3.8) is 0 Å². The summed E-state index contributed by atoms with van der Waals surface area (Å²) in [5.41, 5.74) is -0.775. The number of carbonyl (C=O) groups is 1. The number of hydrogen-bond acceptors (Lipinski definition) is 2. The van der Waals surface area contributed by atoms with Crippen LogP contribution in [0, 0.1) is 0 Å². The van der Waals surface area contributed by atoms with Crippen LogP contribution in [0.25, 0.3) is 0 Å². The van der Waals surface area contributed by atoms with Crippen LogP contribution in [0.15, 0.2) is 0 Å². The quantitative estimate of drug-likeness (QED) is 0.777. The van der Waals surface area contributed by atoms with Crippen molar-refractivity contribution in [2.75, 3.05) is 6.54 Å². The zero-order valence-corrected chi connectivity index (χ0v) is 7.78. The summed E-state index contributed by atoms with van der Waals surface area (Å²) in [4.78, 5) is 10.7. The van der Waals surface area contributed by atoms with E-state index in [1.807, 2.05) is 0 Å². The van der Waals surface area contributed by atoms with Gasteiger partial charge in [0.25, 0.3) is 0 Å². The number of ether oxygens (including phenoxy) is 1. The second-order valence-electron chi connectivity index (χ2n) is 3.66. The maximum Gasteiger partial charge on any atom is 0.407 e. The number of carbonyl (C=O) groups excluding carboxylic acids is 1. The first-order chi connectivity index (χ1) is 6.31. The van der Waals surface area contributed by atoms with E-state index in [9.17, 15) is 18.0 Å². The van der Waals surface area contributed by atoms with Gasteiger partial charge in [0.1, 0.15) is 5.60 Å². The van der Waals surface area contributed by atoms with Crippen LogP contribution in [-0.2, 0) is 4.74 Å². The van der Waals surface area contributed by atoms with Crippen molar-refractivity contribution >= 4 is 6.09 Å². The molecule has 0 spiro atoms. The average Bonchev–Trinajstić information content (AvgIpc) is 2.28. The lowest BCUT2D eigenvalue weighted by molar-refractivity contribution is -0.137. The minimum absolute atomic E-state index is 0.0189. The average molecular weight is 211 g/mol. The molecule has 1 amide bonds. The van der Waals surface area contributed by atoms with Crippen molar-refractivity contribution < 1.29 is 22.7 Å². The molecule has 82 valence electrons. The third-order valence-electron chi connectivity index (χ3n) is 2.11. The normalized spacial score (nSPS) is 27.3. The molecule has 0 radical (unpaired) electrons. The fourth-order valence-electron chi connectivity index (χ4n) is 1.36. The Morgan fingerprint density at radius 3 is 2.64 bits per heavy atom. The minimum Gasteiger partial charge on any atom is -0.441 e. The van der Waals surface area contributed by atoms with E-state index in [4.69, 9.17) is 4.74 Å². The number of halogens is 3. The monoisotopic (exact) mass is 211 g/mol. The third kappa shape index (κ3) is 3.43. The van der Waals surface area contributed by atoms with E-state index in [-0.39, 0.29) is 19.4 Å². The van der Waals surface area contributed by atoms with Gasteiger partial charge in [0.05, 0.1) is 6.54 Å². The van der Waals surface area contributed by atoms with Crippen molar-refractivity contribution in [2.45, 2.75) is 38.0 Å². The Morgan fingerprint density at radius 2 is 2.21 bits per heavy atom. The molecule has 6 heteroatoms. The van der Waals surface area contributed by atoms with Crippen LogP contribution >= 0.6 is 0 Å². The molecule has 1 rings (SSSR count). The van der Waals surface area contributed by atoms with Gasteiger partial charge in [-0.05, 0) is 19.8 Å². The first-order valence-corrected chi connectivity index (χ1v) is 4.34. The summed E-state index contributed by atoms with van der Waals surface area (Å²) >= 11 is 0. The van der Waals surface area contributed by atoms with E-state index in [0.717, 1.165) is 0 Å². The molecule has 0 aromatic heterocycles. The molecule has 1 atom stereocenters. The molecule has 1 unspecified atom stereocenters. The van der Waals surface area contributed by atoms with Gasteiger partial charge in [-0.15, -0.1) is 0 Å². The van der Waals surface area contributed by atoms with Crippen LogP contribution in [-0.4, -0.2) is 24.4 Å². The summed E-state index contributed by atoms with van der Waals surface area (Å²) in [6, 6.07) is 0. The predicted molar refractivity (Wildman–Crippen MR) is 42.8 cm³/mol. The van der Waals surface area contributed by atoms with Crippen LogP contribution in [0.1, 0.15) is 26.2 Å². The summed E-state index contributed by atoms with van der Waals surface area (Å²) in [5.74, 6) is 0. The molecule has 0 aliphatic carbocycles. The van der Waals surface area contributed by atoms with Gasteiger partial charge in [-0.2, -0.15) is 13.2 Å². The molecule has 1 fully saturated rings. The van der Waals surface area contributed by atoms with Gasteiger partial charge in [-0.3, -0.25) is 0 Å². The lowest BCUT2D eigenvalue weighted by Gasteiger charge is -2.20. The highest BCUT2D eigenvalue weighted by atomic mass is 19.4. The maximum atomic E-state index is 11.8. The van der Waals surface area contributed by atoms with Crippen LogP contribution in [0.5, 0.6) is 0 Å². The summed E-state index contributed by atoms with van der Waals surface area (Å²) in [7, 11) is 0. The molecular formula is C8H12F3NO2. The van der Waals surface area contributed by atoms with Crippen molar-refractivity contribution in [2.24, 2.45) is 0 Å². The molecule has 1 aliphatic heterocycles. The topological polar surface area (TPSA) is 38.3 Å². The van der Waals surface area contributed by atoms with Gasteiger partial charge in [-0.1, -0.05) is 0 Å². The van der Waals surface area contributed by atoms with Gasteiger partial charge < -0.3 is 10.1 Å². The highest BCUT2D eigenvalue weighted by Gasteiger charge is 2.36. The fourth-order valence-corrected chi connectivity index (χ4v) is 1.36.